The Morgan fingerprint density at radius 2 is 2.35 bits per heavy atom. The summed E-state index contributed by atoms with van der Waals surface area (Å²) in [6.07, 6.45) is 0.682. The summed E-state index contributed by atoms with van der Waals surface area (Å²) in [5, 5.41) is 2.69. The van der Waals surface area contributed by atoms with Crippen LogP contribution >= 0.6 is 22.9 Å². The van der Waals surface area contributed by atoms with Crippen LogP contribution in [0, 0.1) is 0 Å². The number of hydrogen-bond acceptors (Lipinski definition) is 4. The van der Waals surface area contributed by atoms with Crippen LogP contribution in [0.4, 0.5) is 0 Å². The molecule has 1 aliphatic heterocycles. The van der Waals surface area contributed by atoms with Gasteiger partial charge in [0.2, 0.25) is 0 Å². The number of fused-ring (bicyclic) bond motifs is 1. The highest BCUT2D eigenvalue weighted by Crippen LogP contribution is 2.40. The molecule has 0 amide bonds. The average Bonchev–Trinajstić information content (AvgIpc) is 2.83. The third-order valence-electron chi connectivity index (χ3n) is 2.89. The van der Waals surface area contributed by atoms with Crippen molar-refractivity contribution in [1.82, 2.24) is 4.98 Å². The summed E-state index contributed by atoms with van der Waals surface area (Å²) in [5.41, 5.74) is 9.88. The monoisotopic (exact) mass is 266 g/mol. The molecule has 0 fully saturated rings. The first-order valence-corrected chi connectivity index (χ1v) is 6.66. The maximum Gasteiger partial charge on any atom is 0.143 e. The topological polar surface area (TPSA) is 48.1 Å². The number of halogens is 1. The van der Waals surface area contributed by atoms with Crippen molar-refractivity contribution in [1.29, 1.82) is 0 Å². The van der Waals surface area contributed by atoms with E-state index in [9.17, 15) is 0 Å². The number of benzene rings is 1. The summed E-state index contributed by atoms with van der Waals surface area (Å²) in [7, 11) is 0. The summed E-state index contributed by atoms with van der Waals surface area (Å²) in [6, 6.07) is 5.51. The second-order valence-corrected chi connectivity index (χ2v) is 5.20. The van der Waals surface area contributed by atoms with E-state index in [1.807, 2.05) is 29.1 Å². The van der Waals surface area contributed by atoms with Gasteiger partial charge in [-0.1, -0.05) is 11.6 Å². The third-order valence-corrected chi connectivity index (χ3v) is 3.73. The van der Waals surface area contributed by atoms with E-state index >= 15 is 0 Å². The molecule has 1 aromatic heterocycles. The van der Waals surface area contributed by atoms with Crippen LogP contribution in [0.2, 0.25) is 5.02 Å². The van der Waals surface area contributed by atoms with Crippen molar-refractivity contribution in [3.05, 3.63) is 45.4 Å². The zero-order valence-electron chi connectivity index (χ0n) is 8.97. The van der Waals surface area contributed by atoms with Gasteiger partial charge in [0, 0.05) is 28.4 Å². The highest BCUT2D eigenvalue weighted by atomic mass is 35.5. The fourth-order valence-corrected chi connectivity index (χ4v) is 2.81. The van der Waals surface area contributed by atoms with Gasteiger partial charge in [-0.2, -0.15) is 0 Å². The van der Waals surface area contributed by atoms with Crippen molar-refractivity contribution in [3.63, 3.8) is 0 Å². The Labute approximate surface area is 108 Å². The predicted octanol–water partition coefficient (Wildman–Crippen LogP) is 3.32. The Bertz CT molecular complexity index is 529. The van der Waals surface area contributed by atoms with Gasteiger partial charge < -0.3 is 10.5 Å². The molecule has 0 saturated carbocycles. The molecule has 3 nitrogen and oxygen atoms in total. The number of hydrogen-bond donors (Lipinski definition) is 1. The molecule has 0 radical (unpaired) electrons. The highest BCUT2D eigenvalue weighted by Gasteiger charge is 2.28. The van der Waals surface area contributed by atoms with Crippen LogP contribution in [-0.2, 0) is 0 Å². The van der Waals surface area contributed by atoms with E-state index in [2.05, 4.69) is 4.98 Å². The highest BCUT2D eigenvalue weighted by molar-refractivity contribution is 7.07. The standard InChI is InChI=1S/C12H11ClN2OS/c13-7-1-2-11-8(3-7)9(14)4-12(16-11)10-5-17-6-15-10/h1-3,5-6,9,12H,4,14H2/t9-,12?/m1/s1. The first-order chi connectivity index (χ1) is 8.24. The number of nitrogens with two attached hydrogens (primary N) is 1. The molecule has 0 saturated heterocycles. The molecule has 1 aromatic carbocycles. The molecule has 5 heteroatoms. The number of thiazole rings is 1. The Balaban J connectivity index is 1.96. The lowest BCUT2D eigenvalue weighted by Crippen LogP contribution is -2.24. The van der Waals surface area contributed by atoms with E-state index in [1.165, 1.54) is 0 Å². The molecule has 1 aliphatic rings. The molecule has 2 atom stereocenters. The van der Waals surface area contributed by atoms with Gasteiger partial charge in [0.25, 0.3) is 0 Å². The molecule has 88 valence electrons. The van der Waals surface area contributed by atoms with E-state index < -0.39 is 0 Å². The lowest BCUT2D eigenvalue weighted by atomic mass is 9.96. The Morgan fingerprint density at radius 3 is 3.12 bits per heavy atom. The summed E-state index contributed by atoms with van der Waals surface area (Å²) in [5.74, 6) is 0.811. The van der Waals surface area contributed by atoms with Crippen LogP contribution in [0.3, 0.4) is 0 Å². The maximum atomic E-state index is 6.15. The molecular weight excluding hydrogens is 256 g/mol. The molecule has 2 aromatic rings. The summed E-state index contributed by atoms with van der Waals surface area (Å²) in [4.78, 5) is 4.28. The number of aromatic nitrogens is 1. The zero-order valence-corrected chi connectivity index (χ0v) is 10.5. The first kappa shape index (κ1) is 11.0. The summed E-state index contributed by atoms with van der Waals surface area (Å²) in [6.45, 7) is 0. The van der Waals surface area contributed by atoms with E-state index in [4.69, 9.17) is 22.1 Å². The second-order valence-electron chi connectivity index (χ2n) is 4.04. The van der Waals surface area contributed by atoms with Gasteiger partial charge >= 0.3 is 0 Å². The van der Waals surface area contributed by atoms with Crippen LogP contribution in [0.5, 0.6) is 5.75 Å². The van der Waals surface area contributed by atoms with Gasteiger partial charge in [0.1, 0.15) is 11.9 Å². The zero-order chi connectivity index (χ0) is 11.8. The Morgan fingerprint density at radius 1 is 1.47 bits per heavy atom. The van der Waals surface area contributed by atoms with Crippen molar-refractivity contribution in [2.24, 2.45) is 5.73 Å². The number of rotatable bonds is 1. The van der Waals surface area contributed by atoms with Crippen molar-refractivity contribution in [2.75, 3.05) is 0 Å². The molecule has 0 aliphatic carbocycles. The van der Waals surface area contributed by atoms with Gasteiger partial charge in [0.15, 0.2) is 0 Å². The minimum atomic E-state index is -0.0517. The molecule has 17 heavy (non-hydrogen) atoms. The molecule has 0 bridgehead atoms. The van der Waals surface area contributed by atoms with Crippen molar-refractivity contribution >= 4 is 22.9 Å². The van der Waals surface area contributed by atoms with Gasteiger partial charge in [0.05, 0.1) is 11.2 Å². The van der Waals surface area contributed by atoms with E-state index in [0.717, 1.165) is 23.4 Å². The molecule has 2 heterocycles. The van der Waals surface area contributed by atoms with Crippen molar-refractivity contribution in [3.8, 4) is 5.75 Å². The molecule has 2 N–H and O–H groups in total. The van der Waals surface area contributed by atoms with Crippen molar-refractivity contribution < 1.29 is 4.74 Å². The molecule has 0 spiro atoms. The van der Waals surface area contributed by atoms with Crippen molar-refractivity contribution in [2.45, 2.75) is 18.6 Å². The van der Waals surface area contributed by atoms with Gasteiger partial charge in [-0.05, 0) is 18.2 Å². The summed E-state index contributed by atoms with van der Waals surface area (Å²) >= 11 is 7.52. The summed E-state index contributed by atoms with van der Waals surface area (Å²) < 4.78 is 5.91. The number of ether oxygens (including phenoxy) is 1. The van der Waals surface area contributed by atoms with Gasteiger partial charge in [-0.3, -0.25) is 0 Å². The van der Waals surface area contributed by atoms with E-state index in [-0.39, 0.29) is 12.1 Å². The van der Waals surface area contributed by atoms with Gasteiger partial charge in [-0.25, -0.2) is 4.98 Å². The first-order valence-electron chi connectivity index (χ1n) is 5.34. The van der Waals surface area contributed by atoms with Crippen LogP contribution in [0.1, 0.15) is 29.8 Å². The minimum absolute atomic E-state index is 0.0510. The largest absolute Gasteiger partial charge is 0.484 e. The smallest absolute Gasteiger partial charge is 0.143 e. The van der Waals surface area contributed by atoms with E-state index in [1.54, 1.807) is 11.3 Å². The number of nitrogens with zero attached hydrogens (tertiary/aromatic N) is 1. The normalized spacial score (nSPS) is 22.9. The maximum absolute atomic E-state index is 6.15. The van der Waals surface area contributed by atoms with Crippen LogP contribution in [0.25, 0.3) is 0 Å². The molecule has 1 unspecified atom stereocenters. The Hall–Kier alpha value is -1.10. The van der Waals surface area contributed by atoms with Crippen LogP contribution in [-0.4, -0.2) is 4.98 Å². The Kier molecular flexibility index (Phi) is 2.78. The van der Waals surface area contributed by atoms with Crippen LogP contribution in [0.15, 0.2) is 29.1 Å². The fourth-order valence-electron chi connectivity index (χ4n) is 2.04. The van der Waals surface area contributed by atoms with Crippen LogP contribution < -0.4 is 10.5 Å². The average molecular weight is 267 g/mol. The van der Waals surface area contributed by atoms with Gasteiger partial charge in [-0.15, -0.1) is 11.3 Å². The third kappa shape index (κ3) is 2.04. The molecular formula is C12H11ClN2OS. The predicted molar refractivity (Wildman–Crippen MR) is 68.5 cm³/mol. The minimum Gasteiger partial charge on any atom is -0.484 e. The lowest BCUT2D eigenvalue weighted by Gasteiger charge is -2.29. The SMILES string of the molecule is N[C@@H]1CC(c2cscn2)Oc2ccc(Cl)cc21. The van der Waals surface area contributed by atoms with E-state index in [0.29, 0.717) is 5.02 Å². The fraction of sp³-hybridized carbons (Fsp3) is 0.250. The molecule has 3 rings (SSSR count). The quantitative estimate of drug-likeness (QED) is 0.861. The lowest BCUT2D eigenvalue weighted by molar-refractivity contribution is 0.158. The second kappa shape index (κ2) is 4.29.